The second-order valence-corrected chi connectivity index (χ2v) is 6.32. The fourth-order valence-electron chi connectivity index (χ4n) is 2.10. The molecule has 1 aromatic carbocycles. The third-order valence-corrected chi connectivity index (χ3v) is 3.94. The lowest BCUT2D eigenvalue weighted by Gasteiger charge is -2.20. The number of hydrogen-bond donors (Lipinski definition) is 0. The molecule has 21 heavy (non-hydrogen) atoms. The van der Waals surface area contributed by atoms with Gasteiger partial charge in [-0.15, -0.1) is 0 Å². The first-order valence-corrected chi connectivity index (χ1v) is 7.85. The Labute approximate surface area is 136 Å². The van der Waals surface area contributed by atoms with E-state index in [1.165, 1.54) is 0 Å². The maximum atomic E-state index is 6.11. The van der Waals surface area contributed by atoms with Gasteiger partial charge in [0.15, 0.2) is 17.3 Å². The van der Waals surface area contributed by atoms with E-state index in [1.54, 1.807) is 6.07 Å². The molecule has 0 spiro atoms. The molecule has 0 atom stereocenters. The van der Waals surface area contributed by atoms with Crippen molar-refractivity contribution in [2.45, 2.75) is 19.8 Å². The minimum atomic E-state index is 0.282. The van der Waals surface area contributed by atoms with Gasteiger partial charge in [-0.1, -0.05) is 25.4 Å². The number of rotatable bonds is 2. The summed E-state index contributed by atoms with van der Waals surface area (Å²) < 4.78 is 12.0. The minimum Gasteiger partial charge on any atom is -0.486 e. The zero-order valence-electron chi connectivity index (χ0n) is 11.7. The predicted octanol–water partition coefficient (Wildman–Crippen LogP) is 4.45. The average molecular weight is 370 g/mol. The third-order valence-electron chi connectivity index (χ3n) is 3.16. The summed E-state index contributed by atoms with van der Waals surface area (Å²) in [4.78, 5) is 8.89. The summed E-state index contributed by atoms with van der Waals surface area (Å²) in [5.74, 6) is 2.28. The first-order chi connectivity index (χ1) is 10.0. The summed E-state index contributed by atoms with van der Waals surface area (Å²) in [5.41, 5.74) is 1.76. The van der Waals surface area contributed by atoms with Crippen molar-refractivity contribution in [2.75, 3.05) is 13.2 Å². The summed E-state index contributed by atoms with van der Waals surface area (Å²) in [7, 11) is 0. The molecule has 0 unspecified atom stereocenters. The molecule has 0 amide bonds. The van der Waals surface area contributed by atoms with Crippen LogP contribution in [0, 0.1) is 0 Å². The van der Waals surface area contributed by atoms with Crippen molar-refractivity contribution in [1.82, 2.24) is 9.97 Å². The Hall–Kier alpha value is -1.33. The fraction of sp³-hybridized carbons (Fsp3) is 0.333. The van der Waals surface area contributed by atoms with Gasteiger partial charge in [0.1, 0.15) is 18.4 Å². The molecule has 0 N–H and O–H groups in total. The predicted molar refractivity (Wildman–Crippen MR) is 85.3 cm³/mol. The smallest absolute Gasteiger partial charge is 0.175 e. The molecular weight excluding hydrogens is 356 g/mol. The van der Waals surface area contributed by atoms with Crippen LogP contribution in [0.15, 0.2) is 22.7 Å². The van der Waals surface area contributed by atoms with Crippen LogP contribution in [0.2, 0.25) is 5.15 Å². The van der Waals surface area contributed by atoms with Gasteiger partial charge in [0.25, 0.3) is 0 Å². The molecule has 0 aliphatic carbocycles. The zero-order chi connectivity index (χ0) is 15.0. The lowest BCUT2D eigenvalue weighted by Crippen LogP contribution is -2.15. The van der Waals surface area contributed by atoms with Crippen LogP contribution >= 0.6 is 27.5 Å². The van der Waals surface area contributed by atoms with Gasteiger partial charge >= 0.3 is 0 Å². The van der Waals surface area contributed by atoms with Gasteiger partial charge < -0.3 is 9.47 Å². The summed E-state index contributed by atoms with van der Waals surface area (Å²) in [6.07, 6.45) is 0. The number of benzene rings is 1. The number of fused-ring (bicyclic) bond motifs is 1. The number of aromatic nitrogens is 2. The monoisotopic (exact) mass is 368 g/mol. The molecule has 3 rings (SSSR count). The Morgan fingerprint density at radius 1 is 1.14 bits per heavy atom. The van der Waals surface area contributed by atoms with E-state index in [9.17, 15) is 0 Å². The largest absolute Gasteiger partial charge is 0.486 e. The maximum Gasteiger partial charge on any atom is 0.175 e. The highest BCUT2D eigenvalue weighted by Gasteiger charge is 2.18. The fourth-order valence-corrected chi connectivity index (χ4v) is 2.85. The van der Waals surface area contributed by atoms with Gasteiger partial charge in [0.2, 0.25) is 0 Å². The molecule has 1 aliphatic rings. The molecule has 0 saturated carbocycles. The van der Waals surface area contributed by atoms with Crippen molar-refractivity contribution < 1.29 is 9.47 Å². The van der Waals surface area contributed by atoms with Gasteiger partial charge in [-0.25, -0.2) is 9.97 Å². The number of hydrogen-bond acceptors (Lipinski definition) is 4. The van der Waals surface area contributed by atoms with E-state index in [0.717, 1.165) is 21.5 Å². The van der Waals surface area contributed by atoms with Gasteiger partial charge in [-0.05, 0) is 40.0 Å². The van der Waals surface area contributed by atoms with E-state index in [1.807, 2.05) is 12.1 Å². The van der Waals surface area contributed by atoms with E-state index < -0.39 is 0 Å². The van der Waals surface area contributed by atoms with Gasteiger partial charge in [-0.3, -0.25) is 0 Å². The van der Waals surface area contributed by atoms with Gasteiger partial charge in [0.05, 0.1) is 4.47 Å². The highest BCUT2D eigenvalue weighted by Crippen LogP contribution is 2.40. The van der Waals surface area contributed by atoms with E-state index in [-0.39, 0.29) is 5.92 Å². The van der Waals surface area contributed by atoms with Crippen molar-refractivity contribution >= 4 is 27.5 Å². The Balaban J connectivity index is 2.10. The number of nitrogens with zero attached hydrogens (tertiary/aromatic N) is 2. The molecule has 2 heterocycles. The summed E-state index contributed by atoms with van der Waals surface area (Å²) in [6, 6.07) is 5.60. The minimum absolute atomic E-state index is 0.282. The van der Waals surface area contributed by atoms with E-state index in [2.05, 4.69) is 39.7 Å². The molecule has 0 radical (unpaired) electrons. The van der Waals surface area contributed by atoms with E-state index in [0.29, 0.717) is 29.9 Å². The first-order valence-electron chi connectivity index (χ1n) is 6.68. The Bertz CT molecular complexity index is 692. The topological polar surface area (TPSA) is 44.2 Å². The van der Waals surface area contributed by atoms with Crippen molar-refractivity contribution in [3.63, 3.8) is 0 Å². The third kappa shape index (κ3) is 2.99. The van der Waals surface area contributed by atoms with E-state index >= 15 is 0 Å². The first kappa shape index (κ1) is 14.6. The molecular formula is C15H14BrClN2O2. The average Bonchev–Trinajstić information content (AvgIpc) is 2.46. The number of ether oxygens (including phenoxy) is 2. The van der Waals surface area contributed by atoms with Crippen molar-refractivity contribution in [1.29, 1.82) is 0 Å². The van der Waals surface area contributed by atoms with Crippen LogP contribution in [0.5, 0.6) is 11.5 Å². The highest BCUT2D eigenvalue weighted by atomic mass is 79.9. The van der Waals surface area contributed by atoms with E-state index in [4.69, 9.17) is 21.1 Å². The molecule has 1 aromatic heterocycles. The molecule has 110 valence electrons. The van der Waals surface area contributed by atoms with Crippen LogP contribution in [0.3, 0.4) is 0 Å². The molecule has 0 saturated heterocycles. The van der Waals surface area contributed by atoms with Crippen molar-refractivity contribution in [2.24, 2.45) is 0 Å². The lowest BCUT2D eigenvalue weighted by molar-refractivity contribution is 0.170. The quantitative estimate of drug-likeness (QED) is 0.733. The lowest BCUT2D eigenvalue weighted by atomic mass is 10.1. The van der Waals surface area contributed by atoms with Crippen LogP contribution in [-0.2, 0) is 0 Å². The van der Waals surface area contributed by atoms with Gasteiger partial charge in [0, 0.05) is 11.3 Å². The second kappa shape index (κ2) is 5.81. The SMILES string of the molecule is CC(C)c1cc(Cl)nc(-c2cc(Br)c3c(c2)OCCO3)n1. The molecule has 2 aromatic rings. The Kier molecular flexibility index (Phi) is 4.04. The van der Waals surface area contributed by atoms with Gasteiger partial charge in [-0.2, -0.15) is 0 Å². The van der Waals surface area contributed by atoms with Crippen LogP contribution in [-0.4, -0.2) is 23.2 Å². The summed E-state index contributed by atoms with van der Waals surface area (Å²) >= 11 is 9.61. The maximum absolute atomic E-state index is 6.11. The van der Waals surface area contributed by atoms with Crippen LogP contribution < -0.4 is 9.47 Å². The van der Waals surface area contributed by atoms with Crippen molar-refractivity contribution in [3.8, 4) is 22.9 Å². The summed E-state index contributed by atoms with van der Waals surface area (Å²) in [6.45, 7) is 5.23. The van der Waals surface area contributed by atoms with Crippen LogP contribution in [0.1, 0.15) is 25.5 Å². The highest BCUT2D eigenvalue weighted by molar-refractivity contribution is 9.10. The normalized spacial score (nSPS) is 13.6. The second-order valence-electron chi connectivity index (χ2n) is 5.08. The van der Waals surface area contributed by atoms with Crippen LogP contribution in [0.4, 0.5) is 0 Å². The molecule has 1 aliphatic heterocycles. The molecule has 0 bridgehead atoms. The molecule has 4 nitrogen and oxygen atoms in total. The van der Waals surface area contributed by atoms with Crippen LogP contribution in [0.25, 0.3) is 11.4 Å². The van der Waals surface area contributed by atoms with Crippen molar-refractivity contribution in [3.05, 3.63) is 33.5 Å². The Morgan fingerprint density at radius 3 is 2.67 bits per heavy atom. The molecule has 6 heteroatoms. The number of halogens is 2. The zero-order valence-corrected chi connectivity index (χ0v) is 14.0. The standard InChI is InChI=1S/C15H14BrClN2O2/c1-8(2)11-7-13(17)19-15(18-11)9-5-10(16)14-12(6-9)20-3-4-21-14/h5-8H,3-4H2,1-2H3. The summed E-state index contributed by atoms with van der Waals surface area (Å²) in [5, 5.41) is 0.440. The Morgan fingerprint density at radius 2 is 1.90 bits per heavy atom. The molecule has 0 fully saturated rings.